The maximum Gasteiger partial charge on any atom is 0.270 e. The molecule has 0 saturated heterocycles. The molecule has 2 rings (SSSR count). The Morgan fingerprint density at radius 3 is 2.84 bits per heavy atom. The summed E-state index contributed by atoms with van der Waals surface area (Å²) in [5.74, 6) is 0.765. The summed E-state index contributed by atoms with van der Waals surface area (Å²) >= 11 is 4.11. The van der Waals surface area contributed by atoms with E-state index in [0.29, 0.717) is 12.1 Å². The SMILES string of the molecule is O=c1c2cc([N+](=O)[O-])ccc2ncn1CCCCS. The summed E-state index contributed by atoms with van der Waals surface area (Å²) < 4.78 is 1.48. The number of thiol groups is 1. The molecule has 1 heterocycles. The van der Waals surface area contributed by atoms with Gasteiger partial charge in [0.25, 0.3) is 11.2 Å². The Kier molecular flexibility index (Phi) is 4.16. The molecule has 0 fully saturated rings. The average molecular weight is 279 g/mol. The molecule has 6 nitrogen and oxygen atoms in total. The molecule has 0 saturated carbocycles. The molecule has 7 heteroatoms. The van der Waals surface area contributed by atoms with Gasteiger partial charge in [-0.15, -0.1) is 0 Å². The zero-order chi connectivity index (χ0) is 13.8. The minimum atomic E-state index is -0.517. The first kappa shape index (κ1) is 13.5. The average Bonchev–Trinajstić information content (AvgIpc) is 2.41. The maximum atomic E-state index is 12.2. The van der Waals surface area contributed by atoms with Gasteiger partial charge in [-0.05, 0) is 24.7 Å². The normalized spacial score (nSPS) is 10.8. The quantitative estimate of drug-likeness (QED) is 0.393. The third-order valence-corrected chi connectivity index (χ3v) is 3.14. The van der Waals surface area contributed by atoms with Crippen LogP contribution in [0.5, 0.6) is 0 Å². The van der Waals surface area contributed by atoms with E-state index in [1.165, 1.54) is 29.1 Å². The van der Waals surface area contributed by atoms with E-state index in [1.54, 1.807) is 0 Å². The number of benzene rings is 1. The lowest BCUT2D eigenvalue weighted by Gasteiger charge is -2.05. The van der Waals surface area contributed by atoms with E-state index in [4.69, 9.17) is 0 Å². The van der Waals surface area contributed by atoms with E-state index in [1.807, 2.05) is 0 Å². The number of non-ortho nitro benzene ring substituents is 1. The standard InChI is InChI=1S/C12H13N3O3S/c16-12-10-7-9(15(17)18)3-4-11(10)13-8-14(12)5-1-2-6-19/h3-4,7-8,19H,1-2,5-6H2. The van der Waals surface area contributed by atoms with E-state index >= 15 is 0 Å². The van der Waals surface area contributed by atoms with Crippen molar-refractivity contribution in [3.63, 3.8) is 0 Å². The van der Waals surface area contributed by atoms with Crippen LogP contribution in [0.2, 0.25) is 0 Å². The van der Waals surface area contributed by atoms with Gasteiger partial charge >= 0.3 is 0 Å². The number of aromatic nitrogens is 2. The molecule has 1 aromatic heterocycles. The van der Waals surface area contributed by atoms with Gasteiger partial charge in [-0.2, -0.15) is 12.6 Å². The second-order valence-corrected chi connectivity index (χ2v) is 4.58. The topological polar surface area (TPSA) is 78.0 Å². The number of rotatable bonds is 5. The molecular weight excluding hydrogens is 266 g/mol. The Morgan fingerprint density at radius 1 is 1.37 bits per heavy atom. The zero-order valence-corrected chi connectivity index (χ0v) is 11.0. The fourth-order valence-electron chi connectivity index (χ4n) is 1.81. The van der Waals surface area contributed by atoms with Crippen LogP contribution >= 0.6 is 12.6 Å². The number of aryl methyl sites for hydroxylation is 1. The summed E-state index contributed by atoms with van der Waals surface area (Å²) in [6.45, 7) is 0.547. The van der Waals surface area contributed by atoms with Gasteiger partial charge < -0.3 is 0 Å². The Hall–Kier alpha value is -1.89. The maximum absolute atomic E-state index is 12.2. The molecule has 0 unspecified atom stereocenters. The van der Waals surface area contributed by atoms with Crippen molar-refractivity contribution in [2.24, 2.45) is 0 Å². The van der Waals surface area contributed by atoms with Crippen molar-refractivity contribution in [3.8, 4) is 0 Å². The summed E-state index contributed by atoms with van der Waals surface area (Å²) in [7, 11) is 0. The predicted octanol–water partition coefficient (Wildman–Crippen LogP) is 2.01. The van der Waals surface area contributed by atoms with Crippen LogP contribution in [-0.4, -0.2) is 20.2 Å². The van der Waals surface area contributed by atoms with E-state index in [-0.39, 0.29) is 16.6 Å². The van der Waals surface area contributed by atoms with Crippen LogP contribution in [0.25, 0.3) is 10.9 Å². The third kappa shape index (κ3) is 2.93. The Labute approximate surface area is 114 Å². The highest BCUT2D eigenvalue weighted by Crippen LogP contribution is 2.16. The third-order valence-electron chi connectivity index (χ3n) is 2.83. The van der Waals surface area contributed by atoms with Crippen molar-refractivity contribution < 1.29 is 4.92 Å². The molecule has 2 aromatic rings. The lowest BCUT2D eigenvalue weighted by Crippen LogP contribution is -2.20. The number of hydrogen-bond acceptors (Lipinski definition) is 5. The predicted molar refractivity (Wildman–Crippen MR) is 75.7 cm³/mol. The van der Waals surface area contributed by atoms with Gasteiger partial charge in [-0.1, -0.05) is 0 Å². The van der Waals surface area contributed by atoms with Gasteiger partial charge in [0.2, 0.25) is 0 Å². The molecule has 0 bridgehead atoms. The second kappa shape index (κ2) is 5.83. The van der Waals surface area contributed by atoms with Crippen LogP contribution in [0.3, 0.4) is 0 Å². The van der Waals surface area contributed by atoms with Crippen LogP contribution in [-0.2, 0) is 6.54 Å². The van der Waals surface area contributed by atoms with Crippen LogP contribution in [0.1, 0.15) is 12.8 Å². The number of unbranched alkanes of at least 4 members (excludes halogenated alkanes) is 1. The van der Waals surface area contributed by atoms with Crippen LogP contribution in [0.4, 0.5) is 5.69 Å². The minimum Gasteiger partial charge on any atom is -0.299 e. The highest BCUT2D eigenvalue weighted by atomic mass is 32.1. The molecule has 19 heavy (non-hydrogen) atoms. The molecule has 0 atom stereocenters. The summed E-state index contributed by atoms with van der Waals surface area (Å²) in [6, 6.07) is 4.12. The molecule has 0 radical (unpaired) electrons. The molecule has 0 aliphatic heterocycles. The molecule has 0 aliphatic rings. The molecule has 0 aliphatic carbocycles. The second-order valence-electron chi connectivity index (χ2n) is 4.13. The van der Waals surface area contributed by atoms with Crippen molar-refractivity contribution in [1.82, 2.24) is 9.55 Å². The van der Waals surface area contributed by atoms with Gasteiger partial charge in [-0.25, -0.2) is 4.98 Å². The van der Waals surface area contributed by atoms with Crippen molar-refractivity contribution in [1.29, 1.82) is 0 Å². The molecular formula is C12H13N3O3S. The lowest BCUT2D eigenvalue weighted by molar-refractivity contribution is -0.384. The first-order valence-electron chi connectivity index (χ1n) is 5.88. The Morgan fingerprint density at radius 2 is 2.16 bits per heavy atom. The first-order chi connectivity index (χ1) is 9.13. The van der Waals surface area contributed by atoms with E-state index < -0.39 is 4.92 Å². The van der Waals surface area contributed by atoms with E-state index in [2.05, 4.69) is 17.6 Å². The summed E-state index contributed by atoms with van der Waals surface area (Å²) in [5, 5.41) is 11.0. The molecule has 0 amide bonds. The van der Waals surface area contributed by atoms with Crippen LogP contribution in [0, 0.1) is 10.1 Å². The fourth-order valence-corrected chi connectivity index (χ4v) is 2.04. The van der Waals surface area contributed by atoms with Gasteiger partial charge in [0, 0.05) is 18.7 Å². The number of nitro groups is 1. The summed E-state index contributed by atoms with van der Waals surface area (Å²) in [6.07, 6.45) is 3.21. The number of nitrogens with zero attached hydrogens (tertiary/aromatic N) is 3. The largest absolute Gasteiger partial charge is 0.299 e. The van der Waals surface area contributed by atoms with Gasteiger partial charge in [0.1, 0.15) is 0 Å². The Bertz CT molecular complexity index is 669. The summed E-state index contributed by atoms with van der Waals surface area (Å²) in [4.78, 5) is 26.5. The highest BCUT2D eigenvalue weighted by molar-refractivity contribution is 7.80. The molecule has 0 spiro atoms. The van der Waals surface area contributed by atoms with Crippen LogP contribution < -0.4 is 5.56 Å². The first-order valence-corrected chi connectivity index (χ1v) is 6.51. The summed E-state index contributed by atoms with van der Waals surface area (Å²) in [5.41, 5.74) is 0.133. The zero-order valence-electron chi connectivity index (χ0n) is 10.2. The van der Waals surface area contributed by atoms with E-state index in [0.717, 1.165) is 18.6 Å². The molecule has 1 aromatic carbocycles. The number of fused-ring (bicyclic) bond motifs is 1. The van der Waals surface area contributed by atoms with Gasteiger partial charge in [-0.3, -0.25) is 19.5 Å². The number of hydrogen-bond donors (Lipinski definition) is 1. The fraction of sp³-hybridized carbons (Fsp3) is 0.333. The van der Waals surface area contributed by atoms with Crippen molar-refractivity contribution in [3.05, 3.63) is 45.0 Å². The highest BCUT2D eigenvalue weighted by Gasteiger charge is 2.10. The van der Waals surface area contributed by atoms with Crippen molar-refractivity contribution in [2.75, 3.05) is 5.75 Å². The van der Waals surface area contributed by atoms with Crippen LogP contribution in [0.15, 0.2) is 29.3 Å². The minimum absolute atomic E-state index is 0.0977. The van der Waals surface area contributed by atoms with Gasteiger partial charge in [0.05, 0.1) is 22.2 Å². The van der Waals surface area contributed by atoms with Crippen molar-refractivity contribution >= 4 is 29.2 Å². The number of nitro benzene ring substituents is 1. The smallest absolute Gasteiger partial charge is 0.270 e. The monoisotopic (exact) mass is 279 g/mol. The molecule has 100 valence electrons. The Balaban J connectivity index is 2.44. The van der Waals surface area contributed by atoms with Gasteiger partial charge in [0.15, 0.2) is 0 Å². The lowest BCUT2D eigenvalue weighted by atomic mass is 10.2. The van der Waals surface area contributed by atoms with Crippen molar-refractivity contribution in [2.45, 2.75) is 19.4 Å². The van der Waals surface area contributed by atoms with E-state index in [9.17, 15) is 14.9 Å². The molecule has 0 N–H and O–H groups in total.